The number of carboxylic acids is 1. The number of anilines is 3. The summed E-state index contributed by atoms with van der Waals surface area (Å²) in [7, 11) is 0. The molecule has 0 bridgehead atoms. The highest BCUT2D eigenvalue weighted by atomic mass is 32.1. The number of pyridine rings is 1. The van der Waals surface area contributed by atoms with Crippen molar-refractivity contribution in [3.63, 3.8) is 0 Å². The lowest BCUT2D eigenvalue weighted by molar-refractivity contribution is 0.0692. The summed E-state index contributed by atoms with van der Waals surface area (Å²) >= 11 is 1.28. The number of aromatic carboxylic acids is 1. The summed E-state index contributed by atoms with van der Waals surface area (Å²) in [5.74, 6) is -0.641. The van der Waals surface area contributed by atoms with Crippen molar-refractivity contribution >= 4 is 39.2 Å². The second-order valence-corrected chi connectivity index (χ2v) is 10.4. The highest BCUT2D eigenvalue weighted by molar-refractivity contribution is 7.20. The molecule has 34 heavy (non-hydrogen) atoms. The molecule has 1 aliphatic rings. The van der Waals surface area contributed by atoms with E-state index in [0.717, 1.165) is 19.4 Å². The van der Waals surface area contributed by atoms with Crippen molar-refractivity contribution in [3.05, 3.63) is 65.5 Å². The lowest BCUT2D eigenvalue weighted by atomic mass is 9.86. The molecule has 0 unspecified atom stereocenters. The summed E-state index contributed by atoms with van der Waals surface area (Å²) in [6.07, 6.45) is 3.37. The molecule has 0 spiro atoms. The predicted octanol–water partition coefficient (Wildman–Crippen LogP) is 4.68. The molecular weight excluding hydrogens is 450 g/mol. The van der Waals surface area contributed by atoms with Crippen molar-refractivity contribution in [1.82, 2.24) is 15.3 Å². The number of hydrogen-bond donors (Lipinski definition) is 3. The van der Waals surface area contributed by atoms with E-state index in [-0.39, 0.29) is 23.1 Å². The molecule has 3 N–H and O–H groups in total. The second-order valence-electron chi connectivity index (χ2n) is 9.41. The first-order chi connectivity index (χ1) is 16.2. The molecule has 0 saturated carbocycles. The number of rotatable bonds is 6. The average Bonchev–Trinajstić information content (AvgIpc) is 3.23. The van der Waals surface area contributed by atoms with Gasteiger partial charge in [-0.2, -0.15) is 0 Å². The maximum Gasteiger partial charge on any atom is 0.357 e. The number of hydrogen-bond acceptors (Lipinski definition) is 7. The Morgan fingerprint density at radius 2 is 1.91 bits per heavy atom. The molecule has 1 aromatic carbocycles. The van der Waals surface area contributed by atoms with Crippen molar-refractivity contribution < 1.29 is 14.7 Å². The van der Waals surface area contributed by atoms with Gasteiger partial charge in [-0.25, -0.2) is 14.8 Å². The molecule has 178 valence electrons. The number of benzene rings is 1. The van der Waals surface area contributed by atoms with E-state index in [1.807, 2.05) is 35.2 Å². The van der Waals surface area contributed by atoms with Crippen LogP contribution in [0.1, 0.15) is 60.0 Å². The van der Waals surface area contributed by atoms with Crippen molar-refractivity contribution in [2.45, 2.75) is 45.1 Å². The Kier molecular flexibility index (Phi) is 6.83. The van der Waals surface area contributed by atoms with Crippen molar-refractivity contribution in [2.24, 2.45) is 0 Å². The minimum Gasteiger partial charge on any atom is -0.476 e. The number of nitrogens with zero attached hydrogens (tertiary/aromatic N) is 3. The van der Waals surface area contributed by atoms with Gasteiger partial charge in [0.2, 0.25) is 0 Å². The lowest BCUT2D eigenvalue weighted by Crippen LogP contribution is -2.47. The largest absolute Gasteiger partial charge is 0.476 e. The number of aromatic nitrogens is 2. The van der Waals surface area contributed by atoms with E-state index < -0.39 is 5.97 Å². The Hall–Kier alpha value is -3.46. The van der Waals surface area contributed by atoms with E-state index in [1.165, 1.54) is 16.9 Å². The first kappa shape index (κ1) is 23.7. The van der Waals surface area contributed by atoms with Gasteiger partial charge >= 0.3 is 5.97 Å². The summed E-state index contributed by atoms with van der Waals surface area (Å²) in [4.78, 5) is 35.2. The molecule has 1 fully saturated rings. The Bertz CT molecular complexity index is 1160. The standard InChI is InChI=1S/C25H29N5O3S/c1-25(2,3)17-11-9-16(10-12-17)21(31)27-18-7-6-14-30(15-18)24-29-20(23(32)33)22(34-24)28-19-8-4-5-13-26-19/h4-5,8-13,18H,6-7,14-15H2,1-3H3,(H,26,28)(H,27,31)(H,32,33)/t18-/m1/s1. The molecule has 9 heteroatoms. The molecule has 3 aromatic rings. The molecule has 1 saturated heterocycles. The summed E-state index contributed by atoms with van der Waals surface area (Å²) in [5.41, 5.74) is 1.82. The van der Waals surface area contributed by atoms with Crippen LogP contribution in [0, 0.1) is 0 Å². The third kappa shape index (κ3) is 5.53. The molecule has 1 aliphatic heterocycles. The van der Waals surface area contributed by atoms with Crippen LogP contribution in [0.25, 0.3) is 0 Å². The number of piperidine rings is 1. The number of nitrogens with one attached hydrogen (secondary N) is 2. The van der Waals surface area contributed by atoms with E-state index in [4.69, 9.17) is 0 Å². The van der Waals surface area contributed by atoms with Gasteiger partial charge in [0.15, 0.2) is 10.8 Å². The van der Waals surface area contributed by atoms with Crippen LogP contribution in [0.3, 0.4) is 0 Å². The Balaban J connectivity index is 1.45. The van der Waals surface area contributed by atoms with E-state index >= 15 is 0 Å². The zero-order chi connectivity index (χ0) is 24.3. The number of carboxylic acid groups (broad SMARTS) is 1. The third-order valence-corrected chi connectivity index (χ3v) is 6.80. The van der Waals surface area contributed by atoms with Gasteiger partial charge in [-0.05, 0) is 48.1 Å². The van der Waals surface area contributed by atoms with Crippen LogP contribution in [-0.4, -0.2) is 46.1 Å². The van der Waals surface area contributed by atoms with Gasteiger partial charge in [0.05, 0.1) is 0 Å². The number of thiazole rings is 1. The quantitative estimate of drug-likeness (QED) is 0.471. The Morgan fingerprint density at radius 1 is 1.15 bits per heavy atom. The number of carbonyl (C=O) groups excluding carboxylic acids is 1. The van der Waals surface area contributed by atoms with Crippen LogP contribution in [0.4, 0.5) is 16.0 Å². The van der Waals surface area contributed by atoms with Crippen molar-refractivity contribution in [3.8, 4) is 0 Å². The molecule has 0 aliphatic carbocycles. The molecule has 2 aromatic heterocycles. The van der Waals surface area contributed by atoms with Crippen LogP contribution in [0.2, 0.25) is 0 Å². The fourth-order valence-electron chi connectivity index (χ4n) is 3.89. The first-order valence-corrected chi connectivity index (χ1v) is 12.1. The highest BCUT2D eigenvalue weighted by Gasteiger charge is 2.27. The fourth-order valence-corrected chi connectivity index (χ4v) is 4.89. The molecule has 4 rings (SSSR count). The predicted molar refractivity (Wildman–Crippen MR) is 134 cm³/mol. The maximum atomic E-state index is 12.8. The summed E-state index contributed by atoms with van der Waals surface area (Å²) in [6, 6.07) is 13.1. The lowest BCUT2D eigenvalue weighted by Gasteiger charge is -2.33. The number of amides is 1. The van der Waals surface area contributed by atoms with Gasteiger partial charge in [-0.1, -0.05) is 50.3 Å². The van der Waals surface area contributed by atoms with Crippen molar-refractivity contribution in [1.29, 1.82) is 0 Å². The molecule has 1 atom stereocenters. The third-order valence-electron chi connectivity index (χ3n) is 5.77. The van der Waals surface area contributed by atoms with Gasteiger partial charge in [0.1, 0.15) is 10.8 Å². The molecule has 3 heterocycles. The topological polar surface area (TPSA) is 107 Å². The average molecular weight is 480 g/mol. The summed E-state index contributed by atoms with van der Waals surface area (Å²) < 4.78 is 0. The van der Waals surface area contributed by atoms with E-state index in [1.54, 1.807) is 18.3 Å². The zero-order valence-electron chi connectivity index (χ0n) is 19.5. The highest BCUT2D eigenvalue weighted by Crippen LogP contribution is 2.34. The second kappa shape index (κ2) is 9.80. The first-order valence-electron chi connectivity index (χ1n) is 11.3. The SMILES string of the molecule is CC(C)(C)c1ccc(C(=O)N[C@@H]2CCCN(c3nc(C(=O)O)c(Nc4ccccn4)s3)C2)cc1. The molecule has 1 amide bonds. The minimum absolute atomic E-state index is 0.0317. The van der Waals surface area contributed by atoms with Crippen LogP contribution in [-0.2, 0) is 5.41 Å². The van der Waals surface area contributed by atoms with Crippen molar-refractivity contribution in [2.75, 3.05) is 23.3 Å². The van der Waals surface area contributed by atoms with E-state index in [2.05, 4.69) is 41.4 Å². The van der Waals surface area contributed by atoms with Gasteiger partial charge < -0.3 is 20.6 Å². The van der Waals surface area contributed by atoms with Crippen LogP contribution < -0.4 is 15.5 Å². The van der Waals surface area contributed by atoms with E-state index in [9.17, 15) is 14.7 Å². The Labute approximate surface area is 203 Å². The van der Waals surface area contributed by atoms with Crippen LogP contribution in [0.5, 0.6) is 0 Å². The zero-order valence-corrected chi connectivity index (χ0v) is 20.4. The van der Waals surface area contributed by atoms with Gasteiger partial charge in [0, 0.05) is 30.9 Å². The molecular formula is C25H29N5O3S. The van der Waals surface area contributed by atoms with Gasteiger partial charge in [0.25, 0.3) is 5.91 Å². The van der Waals surface area contributed by atoms with E-state index in [0.29, 0.717) is 28.1 Å². The molecule has 8 nitrogen and oxygen atoms in total. The normalized spacial score (nSPS) is 16.2. The smallest absolute Gasteiger partial charge is 0.357 e. The van der Waals surface area contributed by atoms with Gasteiger partial charge in [-0.15, -0.1) is 0 Å². The summed E-state index contributed by atoms with van der Waals surface area (Å²) in [5, 5.41) is 16.9. The molecule has 0 radical (unpaired) electrons. The fraction of sp³-hybridized carbons (Fsp3) is 0.360. The minimum atomic E-state index is -1.10. The number of carbonyl (C=O) groups is 2. The van der Waals surface area contributed by atoms with Crippen LogP contribution >= 0.6 is 11.3 Å². The van der Waals surface area contributed by atoms with Crippen LogP contribution in [0.15, 0.2) is 48.7 Å². The maximum absolute atomic E-state index is 12.8. The monoisotopic (exact) mass is 479 g/mol. The Morgan fingerprint density at radius 3 is 2.56 bits per heavy atom. The van der Waals surface area contributed by atoms with Gasteiger partial charge in [-0.3, -0.25) is 4.79 Å². The summed E-state index contributed by atoms with van der Waals surface area (Å²) in [6.45, 7) is 7.75.